The largest absolute Gasteiger partial charge is 0.339 e. The maximum absolute atomic E-state index is 13.1. The van der Waals surface area contributed by atoms with Crippen molar-refractivity contribution in [2.24, 2.45) is 5.92 Å². The number of carbonyl (C=O) groups excluding carboxylic acids is 1. The highest BCUT2D eigenvalue weighted by molar-refractivity contribution is 5.94. The molecular formula is C15H21FN2O. The molecular weight excluding hydrogens is 243 g/mol. The van der Waals surface area contributed by atoms with Crippen molar-refractivity contribution in [1.82, 2.24) is 10.2 Å². The van der Waals surface area contributed by atoms with Gasteiger partial charge in [-0.05, 0) is 50.0 Å². The molecule has 1 aliphatic rings. The summed E-state index contributed by atoms with van der Waals surface area (Å²) in [7, 11) is 0. The fourth-order valence-corrected chi connectivity index (χ4v) is 2.49. The number of piperidine rings is 1. The van der Waals surface area contributed by atoms with E-state index >= 15 is 0 Å². The van der Waals surface area contributed by atoms with Gasteiger partial charge in [0.05, 0.1) is 0 Å². The molecule has 104 valence electrons. The Morgan fingerprint density at radius 1 is 1.42 bits per heavy atom. The van der Waals surface area contributed by atoms with Gasteiger partial charge in [0, 0.05) is 18.7 Å². The number of amides is 1. The normalized spacial score (nSPS) is 16.6. The molecule has 4 heteroatoms. The molecule has 1 aliphatic heterocycles. The van der Waals surface area contributed by atoms with E-state index in [4.69, 9.17) is 0 Å². The zero-order valence-electron chi connectivity index (χ0n) is 11.4. The third-order valence-electron chi connectivity index (χ3n) is 3.66. The highest BCUT2D eigenvalue weighted by Crippen LogP contribution is 2.18. The second-order valence-electron chi connectivity index (χ2n) is 5.05. The van der Waals surface area contributed by atoms with Gasteiger partial charge in [-0.1, -0.05) is 13.0 Å². The van der Waals surface area contributed by atoms with Gasteiger partial charge in [-0.15, -0.1) is 0 Å². The number of benzene rings is 1. The predicted molar refractivity (Wildman–Crippen MR) is 73.6 cm³/mol. The van der Waals surface area contributed by atoms with E-state index in [1.165, 1.54) is 12.1 Å². The summed E-state index contributed by atoms with van der Waals surface area (Å²) in [5.74, 6) is 0.241. The lowest BCUT2D eigenvalue weighted by molar-refractivity contribution is 0.0690. The van der Waals surface area contributed by atoms with Gasteiger partial charge in [0.2, 0.25) is 0 Å². The van der Waals surface area contributed by atoms with Crippen LogP contribution < -0.4 is 5.32 Å². The van der Waals surface area contributed by atoms with Crippen molar-refractivity contribution in [1.29, 1.82) is 0 Å². The quantitative estimate of drug-likeness (QED) is 0.905. The molecule has 0 unspecified atom stereocenters. The molecule has 19 heavy (non-hydrogen) atoms. The van der Waals surface area contributed by atoms with Crippen molar-refractivity contribution in [3.63, 3.8) is 0 Å². The van der Waals surface area contributed by atoms with Crippen molar-refractivity contribution < 1.29 is 9.18 Å². The molecule has 1 fully saturated rings. The molecule has 0 aliphatic carbocycles. The second kappa shape index (κ2) is 6.66. The maximum atomic E-state index is 13.1. The van der Waals surface area contributed by atoms with Crippen LogP contribution in [0.3, 0.4) is 0 Å². The first-order chi connectivity index (χ1) is 9.20. The van der Waals surface area contributed by atoms with E-state index < -0.39 is 0 Å². The van der Waals surface area contributed by atoms with Crippen LogP contribution in [0.5, 0.6) is 0 Å². The molecule has 0 radical (unpaired) electrons. The van der Waals surface area contributed by atoms with Crippen molar-refractivity contribution in [3.8, 4) is 0 Å². The van der Waals surface area contributed by atoms with Gasteiger partial charge in [0.15, 0.2) is 0 Å². The van der Waals surface area contributed by atoms with Crippen LogP contribution in [0, 0.1) is 11.7 Å². The lowest BCUT2D eigenvalue weighted by Gasteiger charge is -2.32. The Morgan fingerprint density at radius 2 is 2.16 bits per heavy atom. The molecule has 1 N–H and O–H groups in total. The van der Waals surface area contributed by atoms with Gasteiger partial charge in [0.1, 0.15) is 5.82 Å². The summed E-state index contributed by atoms with van der Waals surface area (Å²) < 4.78 is 13.1. The Labute approximate surface area is 113 Å². The van der Waals surface area contributed by atoms with E-state index in [1.807, 2.05) is 4.90 Å². The van der Waals surface area contributed by atoms with Crippen LogP contribution in [0.2, 0.25) is 0 Å². The first-order valence-electron chi connectivity index (χ1n) is 6.96. The number of hydrogen-bond acceptors (Lipinski definition) is 2. The number of rotatable bonds is 4. The molecule has 3 nitrogen and oxygen atoms in total. The van der Waals surface area contributed by atoms with Crippen LogP contribution in [0.25, 0.3) is 0 Å². The Balaban J connectivity index is 1.89. The molecule has 1 heterocycles. The standard InChI is InChI=1S/C15H21FN2O/c1-2-17-11-12-6-8-18(9-7-12)15(19)13-4-3-5-14(16)10-13/h3-5,10,12,17H,2,6-9,11H2,1H3. The third kappa shape index (κ3) is 3.77. The molecule has 0 saturated carbocycles. The highest BCUT2D eigenvalue weighted by Gasteiger charge is 2.23. The zero-order chi connectivity index (χ0) is 13.7. The zero-order valence-corrected chi connectivity index (χ0v) is 11.4. The summed E-state index contributed by atoms with van der Waals surface area (Å²) in [5.41, 5.74) is 0.449. The minimum atomic E-state index is -0.354. The molecule has 1 aromatic carbocycles. The molecule has 1 saturated heterocycles. The first-order valence-corrected chi connectivity index (χ1v) is 6.96. The molecule has 2 rings (SSSR count). The van der Waals surface area contributed by atoms with Gasteiger partial charge in [-0.3, -0.25) is 4.79 Å². The Bertz CT molecular complexity index is 428. The molecule has 0 aromatic heterocycles. The summed E-state index contributed by atoms with van der Waals surface area (Å²) in [6.07, 6.45) is 2.04. The van der Waals surface area contributed by atoms with E-state index in [0.29, 0.717) is 11.5 Å². The number of nitrogens with zero attached hydrogens (tertiary/aromatic N) is 1. The van der Waals surface area contributed by atoms with Gasteiger partial charge in [0.25, 0.3) is 5.91 Å². The van der Waals surface area contributed by atoms with Gasteiger partial charge in [-0.25, -0.2) is 4.39 Å². The highest BCUT2D eigenvalue weighted by atomic mass is 19.1. The molecule has 1 amide bonds. The van der Waals surface area contributed by atoms with Crippen LogP contribution in [0.4, 0.5) is 4.39 Å². The Hall–Kier alpha value is -1.42. The van der Waals surface area contributed by atoms with Crippen molar-refractivity contribution >= 4 is 5.91 Å². The monoisotopic (exact) mass is 264 g/mol. The fraction of sp³-hybridized carbons (Fsp3) is 0.533. The SMILES string of the molecule is CCNCC1CCN(C(=O)c2cccc(F)c2)CC1. The summed E-state index contributed by atoms with van der Waals surface area (Å²) >= 11 is 0. The van der Waals surface area contributed by atoms with Crippen LogP contribution in [0.15, 0.2) is 24.3 Å². The first kappa shape index (κ1) is 14.0. The van der Waals surface area contributed by atoms with E-state index in [1.54, 1.807) is 12.1 Å². The number of hydrogen-bond donors (Lipinski definition) is 1. The van der Waals surface area contributed by atoms with Gasteiger partial charge in [-0.2, -0.15) is 0 Å². The Kier molecular flexibility index (Phi) is 4.91. The number of likely N-dealkylation sites (tertiary alicyclic amines) is 1. The van der Waals surface area contributed by atoms with E-state index in [2.05, 4.69) is 12.2 Å². The average molecular weight is 264 g/mol. The van der Waals surface area contributed by atoms with Crippen LogP contribution >= 0.6 is 0 Å². The predicted octanol–water partition coefficient (Wildman–Crippen LogP) is 2.29. The van der Waals surface area contributed by atoms with Gasteiger partial charge < -0.3 is 10.2 Å². The maximum Gasteiger partial charge on any atom is 0.253 e. The molecule has 1 aromatic rings. The summed E-state index contributed by atoms with van der Waals surface area (Å²) in [5, 5.41) is 3.35. The van der Waals surface area contributed by atoms with Crippen LogP contribution in [0.1, 0.15) is 30.1 Å². The smallest absolute Gasteiger partial charge is 0.253 e. The fourth-order valence-electron chi connectivity index (χ4n) is 2.49. The minimum absolute atomic E-state index is 0.0543. The summed E-state index contributed by atoms with van der Waals surface area (Å²) in [4.78, 5) is 14.0. The Morgan fingerprint density at radius 3 is 2.79 bits per heavy atom. The van der Waals surface area contributed by atoms with Gasteiger partial charge >= 0.3 is 0 Å². The van der Waals surface area contributed by atoms with Crippen molar-refractivity contribution in [2.75, 3.05) is 26.2 Å². The van der Waals surface area contributed by atoms with E-state index in [0.717, 1.165) is 39.0 Å². The van der Waals surface area contributed by atoms with Crippen molar-refractivity contribution in [3.05, 3.63) is 35.6 Å². The number of nitrogens with one attached hydrogen (secondary N) is 1. The van der Waals surface area contributed by atoms with Crippen LogP contribution in [-0.4, -0.2) is 37.0 Å². The number of halogens is 1. The van der Waals surface area contributed by atoms with E-state index in [9.17, 15) is 9.18 Å². The summed E-state index contributed by atoms with van der Waals surface area (Å²) in [6.45, 7) is 5.65. The van der Waals surface area contributed by atoms with Crippen LogP contribution in [-0.2, 0) is 0 Å². The number of carbonyl (C=O) groups is 1. The molecule has 0 atom stereocenters. The third-order valence-corrected chi connectivity index (χ3v) is 3.66. The second-order valence-corrected chi connectivity index (χ2v) is 5.05. The molecule has 0 spiro atoms. The molecule has 0 bridgehead atoms. The summed E-state index contributed by atoms with van der Waals surface area (Å²) in [6, 6.07) is 5.93. The van der Waals surface area contributed by atoms with E-state index in [-0.39, 0.29) is 11.7 Å². The topological polar surface area (TPSA) is 32.3 Å². The lowest BCUT2D eigenvalue weighted by atomic mass is 9.96. The lowest BCUT2D eigenvalue weighted by Crippen LogP contribution is -2.40. The average Bonchev–Trinajstić information content (AvgIpc) is 2.45. The minimum Gasteiger partial charge on any atom is -0.339 e. The van der Waals surface area contributed by atoms with Crippen molar-refractivity contribution in [2.45, 2.75) is 19.8 Å².